The Labute approximate surface area is 131 Å². The Morgan fingerprint density at radius 3 is 2.95 bits per heavy atom. The number of aromatic nitrogens is 2. The van der Waals surface area contributed by atoms with E-state index < -0.39 is 10.0 Å². The molecule has 1 atom stereocenters. The molecule has 0 saturated carbocycles. The first-order valence-corrected chi connectivity index (χ1v) is 9.26. The molecule has 0 bridgehead atoms. The van der Waals surface area contributed by atoms with Crippen LogP contribution in [0.4, 0.5) is 0 Å². The fourth-order valence-electron chi connectivity index (χ4n) is 2.54. The zero-order valence-corrected chi connectivity index (χ0v) is 13.6. The summed E-state index contributed by atoms with van der Waals surface area (Å²) in [5.74, 6) is 0.145. The van der Waals surface area contributed by atoms with Gasteiger partial charge in [0.1, 0.15) is 0 Å². The van der Waals surface area contributed by atoms with E-state index >= 15 is 0 Å². The maximum absolute atomic E-state index is 11.8. The number of carbonyl (C=O) groups excluding carboxylic acids is 1. The molecule has 1 amide bonds. The van der Waals surface area contributed by atoms with Gasteiger partial charge in [0.15, 0.2) is 0 Å². The van der Waals surface area contributed by atoms with Crippen LogP contribution in [0.1, 0.15) is 25.0 Å². The van der Waals surface area contributed by atoms with E-state index in [9.17, 15) is 13.2 Å². The Bertz CT molecular complexity index is 591. The largest absolute Gasteiger partial charge is 0.356 e. The van der Waals surface area contributed by atoms with Gasteiger partial charge in [-0.2, -0.15) is 0 Å². The highest BCUT2D eigenvalue weighted by Crippen LogP contribution is 2.17. The molecule has 1 aromatic heterocycles. The van der Waals surface area contributed by atoms with Gasteiger partial charge in [0, 0.05) is 44.6 Å². The minimum atomic E-state index is -3.14. The molecule has 22 heavy (non-hydrogen) atoms. The molecule has 2 heterocycles. The predicted molar refractivity (Wildman–Crippen MR) is 82.5 cm³/mol. The van der Waals surface area contributed by atoms with Crippen LogP contribution in [0.2, 0.25) is 0 Å². The van der Waals surface area contributed by atoms with Gasteiger partial charge in [0.05, 0.1) is 11.9 Å². The number of sulfonamides is 1. The molecule has 1 saturated heterocycles. The number of nitrogens with zero attached hydrogens (tertiary/aromatic N) is 3. The smallest absolute Gasteiger partial charge is 0.220 e. The summed E-state index contributed by atoms with van der Waals surface area (Å²) in [6.45, 7) is 1.59. The van der Waals surface area contributed by atoms with Crippen molar-refractivity contribution in [1.29, 1.82) is 0 Å². The number of carbonyl (C=O) groups is 1. The molecule has 7 nitrogen and oxygen atoms in total. The van der Waals surface area contributed by atoms with Crippen LogP contribution in [0.25, 0.3) is 0 Å². The number of rotatable bonds is 6. The SMILES string of the molecule is CS(=O)(=O)N1CCC[C@H](CNC(=O)CCc2cnccn2)C1. The Balaban J connectivity index is 1.72. The second-order valence-electron chi connectivity index (χ2n) is 5.63. The minimum Gasteiger partial charge on any atom is -0.356 e. The maximum atomic E-state index is 11.8. The van der Waals surface area contributed by atoms with E-state index in [-0.39, 0.29) is 11.8 Å². The van der Waals surface area contributed by atoms with Gasteiger partial charge in [-0.25, -0.2) is 12.7 Å². The van der Waals surface area contributed by atoms with Gasteiger partial charge in [-0.15, -0.1) is 0 Å². The van der Waals surface area contributed by atoms with Crippen molar-refractivity contribution in [1.82, 2.24) is 19.6 Å². The van der Waals surface area contributed by atoms with Gasteiger partial charge >= 0.3 is 0 Å². The predicted octanol–water partition coefficient (Wildman–Crippen LogP) is 0.197. The van der Waals surface area contributed by atoms with E-state index in [1.807, 2.05) is 0 Å². The number of aryl methyl sites for hydroxylation is 1. The van der Waals surface area contributed by atoms with Crippen molar-refractivity contribution in [2.24, 2.45) is 5.92 Å². The quantitative estimate of drug-likeness (QED) is 0.806. The van der Waals surface area contributed by atoms with E-state index in [1.165, 1.54) is 10.6 Å². The lowest BCUT2D eigenvalue weighted by Crippen LogP contribution is -2.43. The summed E-state index contributed by atoms with van der Waals surface area (Å²) in [7, 11) is -3.14. The van der Waals surface area contributed by atoms with Crippen molar-refractivity contribution < 1.29 is 13.2 Å². The standard InChI is InChI=1S/C14H22N4O3S/c1-22(20,21)18-8-2-3-12(11-18)9-17-14(19)5-4-13-10-15-6-7-16-13/h6-7,10,12H,2-5,8-9,11H2,1H3,(H,17,19)/t12-/m1/s1. The lowest BCUT2D eigenvalue weighted by molar-refractivity contribution is -0.121. The molecule has 0 unspecified atom stereocenters. The van der Waals surface area contributed by atoms with Crippen molar-refractivity contribution >= 4 is 15.9 Å². The summed E-state index contributed by atoms with van der Waals surface area (Å²) in [5.41, 5.74) is 0.790. The van der Waals surface area contributed by atoms with Crippen molar-refractivity contribution in [3.05, 3.63) is 24.3 Å². The summed E-state index contributed by atoms with van der Waals surface area (Å²) >= 11 is 0. The lowest BCUT2D eigenvalue weighted by Gasteiger charge is -2.30. The van der Waals surface area contributed by atoms with E-state index in [0.717, 1.165) is 18.5 Å². The summed E-state index contributed by atoms with van der Waals surface area (Å²) in [5, 5.41) is 2.89. The molecule has 0 aliphatic carbocycles. The Morgan fingerprint density at radius 1 is 1.45 bits per heavy atom. The highest BCUT2D eigenvalue weighted by Gasteiger charge is 2.25. The van der Waals surface area contributed by atoms with E-state index in [0.29, 0.717) is 32.5 Å². The van der Waals surface area contributed by atoms with Crippen molar-refractivity contribution in [3.63, 3.8) is 0 Å². The summed E-state index contributed by atoms with van der Waals surface area (Å²) < 4.78 is 24.6. The van der Waals surface area contributed by atoms with Crippen LogP contribution in [0, 0.1) is 5.92 Å². The Kier molecular flexibility index (Phi) is 5.84. The normalized spacial score (nSPS) is 19.8. The number of nitrogens with one attached hydrogen (secondary N) is 1. The minimum absolute atomic E-state index is 0.0397. The molecule has 1 N–H and O–H groups in total. The third-order valence-corrected chi connectivity index (χ3v) is 5.03. The fraction of sp³-hybridized carbons (Fsp3) is 0.643. The monoisotopic (exact) mass is 326 g/mol. The Hall–Kier alpha value is -1.54. The number of piperidine rings is 1. The van der Waals surface area contributed by atoms with Gasteiger partial charge in [-0.1, -0.05) is 0 Å². The second-order valence-corrected chi connectivity index (χ2v) is 7.61. The first-order chi connectivity index (χ1) is 10.4. The second kappa shape index (κ2) is 7.64. The van der Waals surface area contributed by atoms with Crippen LogP contribution < -0.4 is 5.32 Å². The fourth-order valence-corrected chi connectivity index (χ4v) is 3.48. The molecule has 1 aromatic rings. The molecular weight excluding hydrogens is 304 g/mol. The summed E-state index contributed by atoms with van der Waals surface area (Å²) in [6.07, 6.45) is 8.78. The van der Waals surface area contributed by atoms with Crippen molar-refractivity contribution in [2.75, 3.05) is 25.9 Å². The zero-order chi connectivity index (χ0) is 16.0. The van der Waals surface area contributed by atoms with Crippen molar-refractivity contribution in [3.8, 4) is 0 Å². The van der Waals surface area contributed by atoms with Gasteiger partial charge in [-0.05, 0) is 25.2 Å². The van der Waals surface area contributed by atoms with E-state index in [4.69, 9.17) is 0 Å². The summed E-state index contributed by atoms with van der Waals surface area (Å²) in [4.78, 5) is 19.9. The van der Waals surface area contributed by atoms with Gasteiger partial charge in [0.2, 0.25) is 15.9 Å². The average Bonchev–Trinajstić information content (AvgIpc) is 2.51. The molecular formula is C14H22N4O3S. The highest BCUT2D eigenvalue weighted by molar-refractivity contribution is 7.88. The van der Waals surface area contributed by atoms with Crippen LogP contribution in [-0.4, -0.2) is 54.5 Å². The molecule has 122 valence electrons. The third kappa shape index (κ3) is 5.34. The van der Waals surface area contributed by atoms with Gasteiger partial charge in [-0.3, -0.25) is 14.8 Å². The molecule has 2 rings (SSSR count). The number of hydrogen-bond donors (Lipinski definition) is 1. The third-order valence-electron chi connectivity index (χ3n) is 3.76. The Morgan fingerprint density at radius 2 is 2.27 bits per heavy atom. The van der Waals surface area contributed by atoms with Crippen LogP contribution in [0.5, 0.6) is 0 Å². The number of hydrogen-bond acceptors (Lipinski definition) is 5. The maximum Gasteiger partial charge on any atom is 0.220 e. The first kappa shape index (κ1) is 16.8. The molecule has 1 fully saturated rings. The van der Waals surface area contributed by atoms with E-state index in [2.05, 4.69) is 15.3 Å². The van der Waals surface area contributed by atoms with Crippen molar-refractivity contribution in [2.45, 2.75) is 25.7 Å². The molecule has 0 radical (unpaired) electrons. The summed E-state index contributed by atoms with van der Waals surface area (Å²) in [6, 6.07) is 0. The molecule has 1 aliphatic heterocycles. The average molecular weight is 326 g/mol. The molecule has 1 aliphatic rings. The van der Waals surface area contributed by atoms with Crippen LogP contribution in [-0.2, 0) is 21.2 Å². The lowest BCUT2D eigenvalue weighted by atomic mass is 9.99. The van der Waals surface area contributed by atoms with Gasteiger partial charge in [0.25, 0.3) is 0 Å². The molecule has 0 spiro atoms. The van der Waals surface area contributed by atoms with Crippen LogP contribution >= 0.6 is 0 Å². The van der Waals surface area contributed by atoms with E-state index in [1.54, 1.807) is 18.6 Å². The number of amides is 1. The first-order valence-electron chi connectivity index (χ1n) is 7.42. The molecule has 8 heteroatoms. The highest BCUT2D eigenvalue weighted by atomic mass is 32.2. The molecule has 0 aromatic carbocycles. The topological polar surface area (TPSA) is 92.3 Å². The van der Waals surface area contributed by atoms with Crippen LogP contribution in [0.15, 0.2) is 18.6 Å². The van der Waals surface area contributed by atoms with Crippen LogP contribution in [0.3, 0.4) is 0 Å². The van der Waals surface area contributed by atoms with Gasteiger partial charge < -0.3 is 5.32 Å². The zero-order valence-electron chi connectivity index (χ0n) is 12.7.